The Morgan fingerprint density at radius 1 is 0.889 bits per heavy atom. The van der Waals surface area contributed by atoms with E-state index in [-0.39, 0.29) is 12.3 Å². The quantitative estimate of drug-likeness (QED) is 0.523. The molecule has 1 atom stereocenters. The fraction of sp³-hybridized carbons (Fsp3) is 0.857. The molecule has 4 heteroatoms. The first-order valence-corrected chi connectivity index (χ1v) is 7.02. The smallest absolute Gasteiger partial charge is 0.306 e. The van der Waals surface area contributed by atoms with Gasteiger partial charge in [-0.15, -0.1) is 0 Å². The van der Waals surface area contributed by atoms with Crippen LogP contribution in [0.4, 0.5) is 0 Å². The Kier molecular flexibility index (Phi) is 10.4. The maximum Gasteiger partial charge on any atom is 0.306 e. The van der Waals surface area contributed by atoms with Gasteiger partial charge in [-0.2, -0.15) is 0 Å². The fourth-order valence-electron chi connectivity index (χ4n) is 2.11. The summed E-state index contributed by atoms with van der Waals surface area (Å²) in [5.41, 5.74) is 0. The lowest BCUT2D eigenvalue weighted by molar-refractivity contribution is -0.142. The van der Waals surface area contributed by atoms with Gasteiger partial charge in [0.1, 0.15) is 0 Å². The summed E-state index contributed by atoms with van der Waals surface area (Å²) in [5.74, 6) is -1.57. The van der Waals surface area contributed by atoms with E-state index < -0.39 is 11.9 Å². The molecule has 4 nitrogen and oxygen atoms in total. The molecule has 0 saturated heterocycles. The van der Waals surface area contributed by atoms with Crippen molar-refractivity contribution in [2.75, 3.05) is 0 Å². The number of aliphatic carboxylic acids is 2. The molecule has 0 aliphatic rings. The Labute approximate surface area is 109 Å². The van der Waals surface area contributed by atoms with Crippen molar-refractivity contribution in [3.63, 3.8) is 0 Å². The van der Waals surface area contributed by atoms with E-state index in [0.29, 0.717) is 0 Å². The van der Waals surface area contributed by atoms with E-state index in [2.05, 4.69) is 0 Å². The van der Waals surface area contributed by atoms with Crippen LogP contribution in [0.5, 0.6) is 0 Å². The highest BCUT2D eigenvalue weighted by Crippen LogP contribution is 2.17. The van der Waals surface area contributed by atoms with Crippen molar-refractivity contribution < 1.29 is 19.8 Å². The second-order valence-corrected chi connectivity index (χ2v) is 4.88. The Morgan fingerprint density at radius 2 is 1.44 bits per heavy atom. The molecular formula is C14H26O4. The van der Waals surface area contributed by atoms with E-state index in [4.69, 9.17) is 10.2 Å². The van der Waals surface area contributed by atoms with Crippen molar-refractivity contribution in [2.24, 2.45) is 5.92 Å². The van der Waals surface area contributed by atoms with Gasteiger partial charge in [-0.25, -0.2) is 0 Å². The molecule has 0 aromatic rings. The van der Waals surface area contributed by atoms with E-state index in [1.54, 1.807) is 0 Å². The molecule has 0 spiro atoms. The van der Waals surface area contributed by atoms with Crippen LogP contribution in [-0.4, -0.2) is 22.2 Å². The molecule has 0 rings (SSSR count). The Bertz CT molecular complexity index is 238. The number of hydrogen-bond donors (Lipinski definition) is 2. The minimum absolute atomic E-state index is 0.179. The molecule has 106 valence electrons. The summed E-state index contributed by atoms with van der Waals surface area (Å²) in [6, 6.07) is 0. The van der Waals surface area contributed by atoms with Crippen molar-refractivity contribution in [3.05, 3.63) is 0 Å². The lowest BCUT2D eigenvalue weighted by atomic mass is 9.96. The van der Waals surface area contributed by atoms with Crippen molar-refractivity contribution in [3.8, 4) is 0 Å². The first kappa shape index (κ1) is 16.9. The summed E-state index contributed by atoms with van der Waals surface area (Å²) in [6.07, 6.45) is 8.61. The van der Waals surface area contributed by atoms with Gasteiger partial charge in [0.15, 0.2) is 0 Å². The topological polar surface area (TPSA) is 74.6 Å². The monoisotopic (exact) mass is 258 g/mol. The van der Waals surface area contributed by atoms with Crippen molar-refractivity contribution in [2.45, 2.75) is 71.1 Å². The first-order valence-electron chi connectivity index (χ1n) is 7.02. The molecule has 0 aromatic carbocycles. The number of hydrogen-bond acceptors (Lipinski definition) is 2. The lowest BCUT2D eigenvalue weighted by Gasteiger charge is -2.10. The molecule has 0 amide bonds. The third kappa shape index (κ3) is 10.1. The highest BCUT2D eigenvalue weighted by atomic mass is 16.4. The molecule has 0 aromatic heterocycles. The average molecular weight is 258 g/mol. The summed E-state index contributed by atoms with van der Waals surface area (Å²) < 4.78 is 0. The summed E-state index contributed by atoms with van der Waals surface area (Å²) in [6.45, 7) is 2.01. The molecule has 0 heterocycles. The van der Waals surface area contributed by atoms with Gasteiger partial charge in [-0.05, 0) is 19.3 Å². The number of rotatable bonds is 12. The van der Waals surface area contributed by atoms with E-state index in [0.717, 1.165) is 57.8 Å². The average Bonchev–Trinajstić information content (AvgIpc) is 2.30. The van der Waals surface area contributed by atoms with Gasteiger partial charge in [0.05, 0.1) is 5.92 Å². The van der Waals surface area contributed by atoms with Gasteiger partial charge in [0.25, 0.3) is 0 Å². The van der Waals surface area contributed by atoms with Crippen LogP contribution in [0.15, 0.2) is 0 Å². The molecule has 0 aliphatic heterocycles. The molecule has 0 aliphatic carbocycles. The fourth-order valence-corrected chi connectivity index (χ4v) is 2.11. The summed E-state index contributed by atoms with van der Waals surface area (Å²) >= 11 is 0. The van der Waals surface area contributed by atoms with Crippen LogP contribution < -0.4 is 0 Å². The number of carboxylic acids is 2. The molecule has 0 saturated carbocycles. The van der Waals surface area contributed by atoms with Crippen LogP contribution in [0, 0.1) is 5.92 Å². The summed E-state index contributed by atoms with van der Waals surface area (Å²) in [7, 11) is 0. The predicted molar refractivity (Wildman–Crippen MR) is 70.6 cm³/mol. The minimum atomic E-state index is -0.723. The van der Waals surface area contributed by atoms with Gasteiger partial charge in [0, 0.05) is 6.42 Å². The first-order chi connectivity index (χ1) is 8.57. The van der Waals surface area contributed by atoms with E-state index >= 15 is 0 Å². The number of carboxylic acid groups (broad SMARTS) is 2. The Hall–Kier alpha value is -1.06. The van der Waals surface area contributed by atoms with Gasteiger partial charge in [0.2, 0.25) is 0 Å². The minimum Gasteiger partial charge on any atom is -0.481 e. The maximum absolute atomic E-state index is 10.9. The third-order valence-corrected chi connectivity index (χ3v) is 3.18. The van der Waals surface area contributed by atoms with E-state index in [9.17, 15) is 9.59 Å². The SMILES string of the molecule is CCCC(CCCCCCCCC(=O)O)C(=O)O. The molecular weight excluding hydrogens is 232 g/mol. The zero-order valence-corrected chi connectivity index (χ0v) is 11.4. The van der Waals surface area contributed by atoms with Gasteiger partial charge >= 0.3 is 11.9 Å². The molecule has 18 heavy (non-hydrogen) atoms. The van der Waals surface area contributed by atoms with Crippen molar-refractivity contribution in [1.82, 2.24) is 0 Å². The highest BCUT2D eigenvalue weighted by Gasteiger charge is 2.15. The molecule has 0 fully saturated rings. The van der Waals surface area contributed by atoms with Crippen molar-refractivity contribution >= 4 is 11.9 Å². The van der Waals surface area contributed by atoms with E-state index in [1.165, 1.54) is 0 Å². The van der Waals surface area contributed by atoms with Gasteiger partial charge in [-0.1, -0.05) is 45.4 Å². The zero-order chi connectivity index (χ0) is 13.8. The second-order valence-electron chi connectivity index (χ2n) is 4.88. The highest BCUT2D eigenvalue weighted by molar-refractivity contribution is 5.69. The molecule has 1 unspecified atom stereocenters. The number of unbranched alkanes of at least 4 members (excludes halogenated alkanes) is 5. The van der Waals surface area contributed by atoms with E-state index in [1.807, 2.05) is 6.92 Å². The predicted octanol–water partition coefficient (Wildman–Crippen LogP) is 3.69. The van der Waals surface area contributed by atoms with Gasteiger partial charge in [-0.3, -0.25) is 9.59 Å². The molecule has 0 radical (unpaired) electrons. The molecule has 0 bridgehead atoms. The van der Waals surface area contributed by atoms with Crippen LogP contribution in [0.1, 0.15) is 71.1 Å². The Morgan fingerprint density at radius 3 is 1.94 bits per heavy atom. The van der Waals surface area contributed by atoms with Crippen LogP contribution in [0.3, 0.4) is 0 Å². The second kappa shape index (κ2) is 11.1. The van der Waals surface area contributed by atoms with Crippen LogP contribution in [0.2, 0.25) is 0 Å². The standard InChI is InChI=1S/C14H26O4/c1-2-9-12(14(17)18)10-7-5-3-4-6-8-11-13(15)16/h12H,2-11H2,1H3,(H,15,16)(H,17,18). The van der Waals surface area contributed by atoms with Crippen LogP contribution in [0.25, 0.3) is 0 Å². The molecule has 2 N–H and O–H groups in total. The Balaban J connectivity index is 3.38. The summed E-state index contributed by atoms with van der Waals surface area (Å²) in [5, 5.41) is 17.4. The normalized spacial score (nSPS) is 12.3. The maximum atomic E-state index is 10.9. The summed E-state index contributed by atoms with van der Waals surface area (Å²) in [4.78, 5) is 21.2. The van der Waals surface area contributed by atoms with Gasteiger partial charge < -0.3 is 10.2 Å². The largest absolute Gasteiger partial charge is 0.481 e. The van der Waals surface area contributed by atoms with Crippen molar-refractivity contribution in [1.29, 1.82) is 0 Å². The zero-order valence-electron chi connectivity index (χ0n) is 11.4. The number of carbonyl (C=O) groups is 2. The van der Waals surface area contributed by atoms with Crippen LogP contribution >= 0.6 is 0 Å². The third-order valence-electron chi connectivity index (χ3n) is 3.18. The van der Waals surface area contributed by atoms with Crippen LogP contribution in [-0.2, 0) is 9.59 Å². The lowest BCUT2D eigenvalue weighted by Crippen LogP contribution is -2.13.